The van der Waals surface area contributed by atoms with Gasteiger partial charge in [0.2, 0.25) is 0 Å². The number of nitrogens with one attached hydrogen (secondary N) is 1. The van der Waals surface area contributed by atoms with E-state index in [1.807, 2.05) is 117 Å². The fraction of sp³-hybridized carbons (Fsp3) is 0.308. The van der Waals surface area contributed by atoms with Crippen molar-refractivity contribution in [3.8, 4) is 11.1 Å². The van der Waals surface area contributed by atoms with Gasteiger partial charge in [0, 0.05) is 31.1 Å². The number of carbonyl (C=O) groups is 1. The van der Waals surface area contributed by atoms with Crippen LogP contribution in [0.1, 0.15) is 59.7 Å². The first-order valence-corrected chi connectivity index (χ1v) is 16.0. The van der Waals surface area contributed by atoms with Crippen LogP contribution in [0.4, 0.5) is 4.79 Å². The predicted octanol–water partition coefficient (Wildman–Crippen LogP) is 6.86. The number of nitrogens with zero attached hydrogens (tertiary/aromatic N) is 1. The third kappa shape index (κ3) is 9.16. The Hall–Kier alpha value is -4.31. The molecule has 8 heteroatoms. The SMILES string of the molecule is C=CCOC(=O)NCc1cccc(-c2ccc([C@@H]3O[C@H](CN(C)[C@H](C)[C@@H](O)c4ccccc4)C[C@H](c4ccc(CO)cc4)O3)cc2)c1. The number of carbonyl (C=O) groups excluding carboxylic acids is 1. The van der Waals surface area contributed by atoms with E-state index in [9.17, 15) is 15.0 Å². The van der Waals surface area contributed by atoms with Gasteiger partial charge in [0.15, 0.2) is 6.29 Å². The van der Waals surface area contributed by atoms with Gasteiger partial charge in [-0.2, -0.15) is 0 Å². The lowest BCUT2D eigenvalue weighted by atomic mass is 9.98. The summed E-state index contributed by atoms with van der Waals surface area (Å²) in [4.78, 5) is 14.0. The van der Waals surface area contributed by atoms with Crippen molar-refractivity contribution in [2.45, 2.75) is 57.1 Å². The summed E-state index contributed by atoms with van der Waals surface area (Å²) in [5.74, 6) is 0. The molecule has 0 aliphatic carbocycles. The summed E-state index contributed by atoms with van der Waals surface area (Å²) in [6.45, 7) is 6.69. The number of alkyl carbamates (subject to hydrolysis) is 1. The lowest BCUT2D eigenvalue weighted by Crippen LogP contribution is -2.43. The maximum Gasteiger partial charge on any atom is 0.407 e. The van der Waals surface area contributed by atoms with Gasteiger partial charge in [-0.1, -0.05) is 110 Å². The highest BCUT2D eigenvalue weighted by molar-refractivity contribution is 5.68. The van der Waals surface area contributed by atoms with E-state index in [0.717, 1.165) is 38.9 Å². The lowest BCUT2D eigenvalue weighted by Gasteiger charge is -2.39. The van der Waals surface area contributed by atoms with E-state index < -0.39 is 18.5 Å². The Kier molecular flexibility index (Phi) is 11.9. The molecule has 3 N–H and O–H groups in total. The normalized spacial score (nSPS) is 19.1. The number of ether oxygens (including phenoxy) is 3. The summed E-state index contributed by atoms with van der Waals surface area (Å²) in [7, 11) is 2.01. The second kappa shape index (κ2) is 16.5. The third-order valence-electron chi connectivity index (χ3n) is 8.61. The largest absolute Gasteiger partial charge is 0.445 e. The number of hydrogen-bond donors (Lipinski definition) is 3. The molecule has 0 unspecified atom stereocenters. The van der Waals surface area contributed by atoms with Crippen LogP contribution in [0.15, 0.2) is 116 Å². The highest BCUT2D eigenvalue weighted by atomic mass is 16.7. The summed E-state index contributed by atoms with van der Waals surface area (Å²) < 4.78 is 18.1. The van der Waals surface area contributed by atoms with Gasteiger partial charge in [-0.3, -0.25) is 4.90 Å². The second-order valence-electron chi connectivity index (χ2n) is 11.9. The number of rotatable bonds is 13. The molecular weight excluding hydrogens is 592 g/mol. The lowest BCUT2D eigenvalue weighted by molar-refractivity contribution is -0.253. The summed E-state index contributed by atoms with van der Waals surface area (Å²) in [5.41, 5.74) is 6.65. The van der Waals surface area contributed by atoms with Crippen LogP contribution in [0.25, 0.3) is 11.1 Å². The summed E-state index contributed by atoms with van der Waals surface area (Å²) >= 11 is 0. The maximum atomic E-state index is 11.8. The Morgan fingerprint density at radius 3 is 2.38 bits per heavy atom. The molecule has 1 heterocycles. The zero-order chi connectivity index (χ0) is 33.2. The first kappa shape index (κ1) is 34.0. The molecule has 5 atom stereocenters. The van der Waals surface area contributed by atoms with Crippen LogP contribution in [0.3, 0.4) is 0 Å². The Bertz CT molecular complexity index is 1580. The fourth-order valence-electron chi connectivity index (χ4n) is 5.74. The van der Waals surface area contributed by atoms with Crippen LogP contribution >= 0.6 is 0 Å². The molecular formula is C39H44N2O6. The molecule has 0 spiro atoms. The van der Waals surface area contributed by atoms with Crippen molar-refractivity contribution in [1.82, 2.24) is 10.2 Å². The van der Waals surface area contributed by atoms with Gasteiger partial charge >= 0.3 is 6.09 Å². The first-order chi connectivity index (χ1) is 22.8. The third-order valence-corrected chi connectivity index (χ3v) is 8.61. The molecule has 0 aromatic heterocycles. The zero-order valence-corrected chi connectivity index (χ0v) is 27.0. The van der Waals surface area contributed by atoms with Crippen LogP contribution in [-0.4, -0.2) is 53.6 Å². The number of aliphatic hydroxyl groups excluding tert-OH is 2. The van der Waals surface area contributed by atoms with Crippen molar-refractivity contribution in [1.29, 1.82) is 0 Å². The Morgan fingerprint density at radius 1 is 0.957 bits per heavy atom. The molecule has 1 aliphatic rings. The van der Waals surface area contributed by atoms with Crippen LogP contribution in [0.2, 0.25) is 0 Å². The van der Waals surface area contributed by atoms with Gasteiger partial charge in [-0.25, -0.2) is 4.79 Å². The minimum absolute atomic E-state index is 0.0133. The van der Waals surface area contributed by atoms with Crippen molar-refractivity contribution in [3.05, 3.63) is 144 Å². The molecule has 1 fully saturated rings. The Morgan fingerprint density at radius 2 is 1.68 bits per heavy atom. The quantitative estimate of drug-likeness (QED) is 0.138. The average molecular weight is 637 g/mol. The van der Waals surface area contributed by atoms with E-state index >= 15 is 0 Å². The minimum Gasteiger partial charge on any atom is -0.445 e. The second-order valence-corrected chi connectivity index (χ2v) is 11.9. The van der Waals surface area contributed by atoms with E-state index in [1.165, 1.54) is 6.08 Å². The standard InChI is InChI=1S/C39H44N2O6/c1-4-21-45-39(44)40-24-29-9-8-12-34(22-29)30-17-19-33(20-18-30)38-46-35(23-36(47-38)31-15-13-28(26-42)14-16-31)25-41(3)27(2)37(43)32-10-6-5-7-11-32/h4-20,22,27,35-38,42-43H,1,21,23-26H2,2-3H3,(H,40,44)/t27-,35+,36-,37-,38-/m1/s1. The van der Waals surface area contributed by atoms with Crippen molar-refractivity contribution in [3.63, 3.8) is 0 Å². The average Bonchev–Trinajstić information content (AvgIpc) is 3.13. The molecule has 4 aromatic rings. The monoisotopic (exact) mass is 636 g/mol. The summed E-state index contributed by atoms with van der Waals surface area (Å²) in [6.07, 6.45) is 0.0937. The van der Waals surface area contributed by atoms with E-state index in [-0.39, 0.29) is 31.5 Å². The zero-order valence-electron chi connectivity index (χ0n) is 27.0. The maximum absolute atomic E-state index is 11.8. The molecule has 0 radical (unpaired) electrons. The Balaban J connectivity index is 1.30. The molecule has 0 saturated carbocycles. The molecule has 5 rings (SSSR count). The van der Waals surface area contributed by atoms with E-state index in [1.54, 1.807) is 0 Å². The predicted molar refractivity (Wildman–Crippen MR) is 182 cm³/mol. The molecule has 246 valence electrons. The van der Waals surface area contributed by atoms with Crippen molar-refractivity contribution >= 4 is 6.09 Å². The first-order valence-electron chi connectivity index (χ1n) is 16.0. The molecule has 8 nitrogen and oxygen atoms in total. The molecule has 0 bridgehead atoms. The highest BCUT2D eigenvalue weighted by Crippen LogP contribution is 2.39. The van der Waals surface area contributed by atoms with Crippen LogP contribution < -0.4 is 5.32 Å². The van der Waals surface area contributed by atoms with Crippen molar-refractivity contribution in [2.75, 3.05) is 20.2 Å². The van der Waals surface area contributed by atoms with Gasteiger partial charge in [-0.05, 0) is 53.4 Å². The van der Waals surface area contributed by atoms with Gasteiger partial charge in [0.05, 0.1) is 24.9 Å². The van der Waals surface area contributed by atoms with Crippen LogP contribution in [0, 0.1) is 0 Å². The molecule has 1 saturated heterocycles. The van der Waals surface area contributed by atoms with E-state index in [4.69, 9.17) is 14.2 Å². The van der Waals surface area contributed by atoms with Crippen LogP contribution in [0.5, 0.6) is 0 Å². The number of likely N-dealkylation sites (N-methyl/N-ethyl adjacent to an activating group) is 1. The van der Waals surface area contributed by atoms with Gasteiger partial charge in [0.1, 0.15) is 6.61 Å². The fourth-order valence-corrected chi connectivity index (χ4v) is 5.74. The summed E-state index contributed by atoms with van der Waals surface area (Å²) in [6, 6.07) is 33.6. The van der Waals surface area contributed by atoms with E-state index in [2.05, 4.69) is 16.8 Å². The number of benzene rings is 4. The molecule has 4 aromatic carbocycles. The van der Waals surface area contributed by atoms with E-state index in [0.29, 0.717) is 19.5 Å². The Labute approximate surface area is 277 Å². The van der Waals surface area contributed by atoms with Gasteiger partial charge in [0.25, 0.3) is 0 Å². The number of aliphatic hydroxyl groups is 2. The van der Waals surface area contributed by atoms with Gasteiger partial charge < -0.3 is 29.7 Å². The van der Waals surface area contributed by atoms with Crippen molar-refractivity contribution < 1.29 is 29.2 Å². The highest BCUT2D eigenvalue weighted by Gasteiger charge is 2.34. The summed E-state index contributed by atoms with van der Waals surface area (Å²) in [5, 5.41) is 23.4. The minimum atomic E-state index is -0.633. The topological polar surface area (TPSA) is 100 Å². The molecule has 47 heavy (non-hydrogen) atoms. The number of amides is 1. The van der Waals surface area contributed by atoms with Crippen molar-refractivity contribution in [2.24, 2.45) is 0 Å². The van der Waals surface area contributed by atoms with Gasteiger partial charge in [-0.15, -0.1) is 0 Å². The number of hydrogen-bond acceptors (Lipinski definition) is 7. The molecule has 1 amide bonds. The van der Waals surface area contributed by atoms with Crippen LogP contribution in [-0.2, 0) is 27.4 Å². The molecule has 1 aliphatic heterocycles. The smallest absolute Gasteiger partial charge is 0.407 e.